The largest absolute Gasteiger partial charge is 0.305 e. The van der Waals surface area contributed by atoms with E-state index in [1.165, 1.54) is 10.8 Å². The van der Waals surface area contributed by atoms with Crippen molar-refractivity contribution in [2.24, 2.45) is 0 Å². The fraction of sp³-hybridized carbons (Fsp3) is 0.111. The molecule has 0 N–H and O–H groups in total. The molecule has 0 radical (unpaired) electrons. The molecule has 5 heteroatoms. The van der Waals surface area contributed by atoms with Gasteiger partial charge in [0.2, 0.25) is 0 Å². The van der Waals surface area contributed by atoms with Gasteiger partial charge in [-0.15, -0.1) is 0 Å². The third kappa shape index (κ3) is 1.82. The normalized spacial score (nSPS) is 10.0. The van der Waals surface area contributed by atoms with Crippen molar-refractivity contribution in [1.82, 2.24) is 19.5 Å². The Morgan fingerprint density at radius 1 is 1.21 bits per heavy atom. The van der Waals surface area contributed by atoms with Crippen LogP contribution in [0.2, 0.25) is 0 Å². The average molecular weight is 188 g/mol. The van der Waals surface area contributed by atoms with Gasteiger partial charge < -0.3 is 4.57 Å². The van der Waals surface area contributed by atoms with Crippen LogP contribution in [0.1, 0.15) is 5.82 Å². The van der Waals surface area contributed by atoms with E-state index < -0.39 is 0 Å². The molecule has 0 aliphatic heterocycles. The summed E-state index contributed by atoms with van der Waals surface area (Å²) in [5, 5.41) is 0. The van der Waals surface area contributed by atoms with Gasteiger partial charge in [0.1, 0.15) is 5.82 Å². The van der Waals surface area contributed by atoms with Crippen LogP contribution in [0.15, 0.2) is 41.8 Å². The van der Waals surface area contributed by atoms with Gasteiger partial charge in [-0.2, -0.15) is 0 Å². The lowest BCUT2D eigenvalue weighted by Crippen LogP contribution is -2.20. The van der Waals surface area contributed by atoms with Crippen LogP contribution in [-0.4, -0.2) is 19.5 Å². The van der Waals surface area contributed by atoms with Crippen LogP contribution in [-0.2, 0) is 6.54 Å². The molecule has 0 aliphatic rings. The van der Waals surface area contributed by atoms with Crippen molar-refractivity contribution >= 4 is 0 Å². The summed E-state index contributed by atoms with van der Waals surface area (Å²) in [6.07, 6.45) is 7.73. The summed E-state index contributed by atoms with van der Waals surface area (Å²) in [6.45, 7) is 0.377. The molecular weight excluding hydrogens is 180 g/mol. The molecular formula is C9H8N4O. The molecule has 0 fully saturated rings. The number of rotatable bonds is 2. The molecule has 2 rings (SSSR count). The van der Waals surface area contributed by atoms with Gasteiger partial charge in [0.15, 0.2) is 0 Å². The van der Waals surface area contributed by atoms with E-state index in [-0.39, 0.29) is 5.56 Å². The zero-order valence-electron chi connectivity index (χ0n) is 7.37. The zero-order chi connectivity index (χ0) is 9.80. The third-order valence-corrected chi connectivity index (χ3v) is 1.73. The quantitative estimate of drug-likeness (QED) is 0.669. The zero-order valence-corrected chi connectivity index (χ0v) is 7.37. The van der Waals surface area contributed by atoms with Crippen LogP contribution >= 0.6 is 0 Å². The Kier molecular flexibility index (Phi) is 2.31. The lowest BCUT2D eigenvalue weighted by atomic mass is 10.5. The van der Waals surface area contributed by atoms with Crippen LogP contribution in [0, 0.1) is 0 Å². The summed E-state index contributed by atoms with van der Waals surface area (Å²) in [5.74, 6) is 0.612. The van der Waals surface area contributed by atoms with Gasteiger partial charge in [0.05, 0.1) is 12.7 Å². The Bertz CT molecular complexity index is 465. The maximum absolute atomic E-state index is 11.3. The van der Waals surface area contributed by atoms with Crippen molar-refractivity contribution in [3.05, 3.63) is 53.2 Å². The Morgan fingerprint density at radius 3 is 2.71 bits per heavy atom. The maximum Gasteiger partial charge on any atom is 0.269 e. The molecule has 2 aromatic rings. The maximum atomic E-state index is 11.3. The van der Waals surface area contributed by atoms with Gasteiger partial charge in [0.25, 0.3) is 5.56 Å². The highest BCUT2D eigenvalue weighted by atomic mass is 16.1. The van der Waals surface area contributed by atoms with Crippen molar-refractivity contribution in [3.63, 3.8) is 0 Å². The highest BCUT2D eigenvalue weighted by Gasteiger charge is 1.97. The monoisotopic (exact) mass is 188 g/mol. The third-order valence-electron chi connectivity index (χ3n) is 1.73. The van der Waals surface area contributed by atoms with Crippen LogP contribution in [0.4, 0.5) is 0 Å². The first-order valence-corrected chi connectivity index (χ1v) is 4.12. The molecule has 0 aromatic carbocycles. The van der Waals surface area contributed by atoms with Crippen LogP contribution in [0.5, 0.6) is 0 Å². The molecule has 0 amide bonds. The second kappa shape index (κ2) is 3.78. The number of hydrogen-bond acceptors (Lipinski definition) is 4. The Morgan fingerprint density at radius 2 is 2.00 bits per heavy atom. The molecule has 5 nitrogen and oxygen atoms in total. The molecule has 0 spiro atoms. The first-order valence-electron chi connectivity index (χ1n) is 4.12. The number of nitrogens with zero attached hydrogens (tertiary/aromatic N) is 4. The summed E-state index contributed by atoms with van der Waals surface area (Å²) < 4.78 is 1.50. The minimum absolute atomic E-state index is 0.153. The molecule has 2 aromatic heterocycles. The summed E-state index contributed by atoms with van der Waals surface area (Å²) in [4.78, 5) is 23.0. The number of hydrogen-bond donors (Lipinski definition) is 0. The molecule has 0 saturated heterocycles. The van der Waals surface area contributed by atoms with Gasteiger partial charge in [-0.3, -0.25) is 9.78 Å². The van der Waals surface area contributed by atoms with Crippen molar-refractivity contribution in [1.29, 1.82) is 0 Å². The molecule has 0 aliphatic carbocycles. The van der Waals surface area contributed by atoms with Gasteiger partial charge in [-0.05, 0) is 6.07 Å². The van der Waals surface area contributed by atoms with Crippen molar-refractivity contribution in [2.75, 3.05) is 0 Å². The number of aromatic nitrogens is 4. The van der Waals surface area contributed by atoms with Crippen molar-refractivity contribution in [2.45, 2.75) is 6.54 Å². The highest BCUT2D eigenvalue weighted by Crippen LogP contribution is 1.90. The van der Waals surface area contributed by atoms with Gasteiger partial charge in [-0.1, -0.05) is 0 Å². The van der Waals surface area contributed by atoms with Crippen LogP contribution < -0.4 is 5.56 Å². The molecule has 0 atom stereocenters. The minimum atomic E-state index is -0.153. The SMILES string of the molecule is O=c1cnccn1Cc1ncccn1. The van der Waals surface area contributed by atoms with E-state index in [9.17, 15) is 4.79 Å². The molecule has 0 bridgehead atoms. The average Bonchev–Trinajstić information content (AvgIpc) is 2.23. The van der Waals surface area contributed by atoms with Gasteiger partial charge >= 0.3 is 0 Å². The molecule has 0 saturated carbocycles. The first kappa shape index (κ1) is 8.55. The lowest BCUT2D eigenvalue weighted by molar-refractivity contribution is 0.706. The van der Waals surface area contributed by atoms with Crippen LogP contribution in [0.3, 0.4) is 0 Å². The topological polar surface area (TPSA) is 60.7 Å². The molecule has 2 heterocycles. The minimum Gasteiger partial charge on any atom is -0.305 e. The Hall–Kier alpha value is -2.04. The standard InChI is InChI=1S/C9H8N4O/c14-9-6-10-4-5-13(9)7-8-11-2-1-3-12-8/h1-6H,7H2. The predicted molar refractivity (Wildman–Crippen MR) is 49.6 cm³/mol. The molecule has 0 unspecified atom stereocenters. The van der Waals surface area contributed by atoms with Crippen LogP contribution in [0.25, 0.3) is 0 Å². The van der Waals surface area contributed by atoms with Gasteiger partial charge in [-0.25, -0.2) is 9.97 Å². The van der Waals surface area contributed by atoms with Gasteiger partial charge in [0, 0.05) is 24.8 Å². The molecule has 70 valence electrons. The fourth-order valence-corrected chi connectivity index (χ4v) is 1.07. The highest BCUT2D eigenvalue weighted by molar-refractivity contribution is 4.91. The Balaban J connectivity index is 2.28. The summed E-state index contributed by atoms with van der Waals surface area (Å²) in [6, 6.07) is 1.73. The Labute approximate surface area is 80.1 Å². The lowest BCUT2D eigenvalue weighted by Gasteiger charge is -2.01. The summed E-state index contributed by atoms with van der Waals surface area (Å²) in [5.41, 5.74) is -0.153. The van der Waals surface area contributed by atoms with E-state index in [4.69, 9.17) is 0 Å². The van der Waals surface area contributed by atoms with E-state index in [0.717, 1.165) is 0 Å². The second-order valence-electron chi connectivity index (χ2n) is 2.71. The summed E-state index contributed by atoms with van der Waals surface area (Å²) in [7, 11) is 0. The van der Waals surface area contributed by atoms with E-state index >= 15 is 0 Å². The predicted octanol–water partition coefficient (Wildman–Crippen LogP) is 0.0816. The van der Waals surface area contributed by atoms with E-state index in [2.05, 4.69) is 15.0 Å². The summed E-state index contributed by atoms with van der Waals surface area (Å²) >= 11 is 0. The van der Waals surface area contributed by atoms with E-state index in [1.54, 1.807) is 30.9 Å². The smallest absolute Gasteiger partial charge is 0.269 e. The first-order chi connectivity index (χ1) is 6.86. The van der Waals surface area contributed by atoms with Crippen molar-refractivity contribution < 1.29 is 0 Å². The van der Waals surface area contributed by atoms with Crippen molar-refractivity contribution in [3.8, 4) is 0 Å². The fourth-order valence-electron chi connectivity index (χ4n) is 1.07. The van der Waals surface area contributed by atoms with E-state index in [1.807, 2.05) is 0 Å². The molecule has 14 heavy (non-hydrogen) atoms. The van der Waals surface area contributed by atoms with E-state index in [0.29, 0.717) is 12.4 Å². The second-order valence-corrected chi connectivity index (χ2v) is 2.71.